The lowest BCUT2D eigenvalue weighted by atomic mass is 10.1. The van der Waals surface area contributed by atoms with Gasteiger partial charge in [0.15, 0.2) is 0 Å². The van der Waals surface area contributed by atoms with E-state index in [1.807, 2.05) is 6.07 Å². The second-order valence-electron chi connectivity index (χ2n) is 4.90. The van der Waals surface area contributed by atoms with E-state index >= 15 is 0 Å². The van der Waals surface area contributed by atoms with Crippen molar-refractivity contribution in [1.29, 1.82) is 0 Å². The normalized spacial score (nSPS) is 16.6. The fourth-order valence-corrected chi connectivity index (χ4v) is 3.39. The fourth-order valence-electron chi connectivity index (χ4n) is 2.66. The van der Waals surface area contributed by atoms with Gasteiger partial charge in [-0.3, -0.25) is 4.79 Å². The zero-order chi connectivity index (χ0) is 15.7. The number of benzene rings is 1. The van der Waals surface area contributed by atoms with Gasteiger partial charge in [0, 0.05) is 0 Å². The Bertz CT molecular complexity index is 702. The van der Waals surface area contributed by atoms with E-state index < -0.39 is 12.5 Å². The average molecular weight is 325 g/mol. The summed E-state index contributed by atoms with van der Waals surface area (Å²) in [6, 6.07) is 6.28. The Hall–Kier alpha value is -2.15. The van der Waals surface area contributed by atoms with Crippen LogP contribution in [0.2, 0.25) is 0 Å². The molecule has 2 N–H and O–H groups in total. The van der Waals surface area contributed by atoms with E-state index in [4.69, 9.17) is 0 Å². The predicted octanol–water partition coefficient (Wildman–Crippen LogP) is 3.47. The number of carbonyl (C=O) groups excluding carboxylic acids is 1. The molecule has 116 valence electrons. The number of amides is 1. The van der Waals surface area contributed by atoms with Crippen molar-refractivity contribution in [2.75, 3.05) is 0 Å². The number of hydrogen-bond donors (Lipinski definition) is 2. The molecule has 0 radical (unpaired) electrons. The van der Waals surface area contributed by atoms with Crippen LogP contribution in [0.3, 0.4) is 0 Å². The highest BCUT2D eigenvalue weighted by atomic mass is 32.1. The van der Waals surface area contributed by atoms with Gasteiger partial charge in [0.05, 0.1) is 6.04 Å². The summed E-state index contributed by atoms with van der Waals surface area (Å²) in [5.41, 5.74) is 1.68. The molecule has 2 aromatic rings. The molecule has 0 aliphatic heterocycles. The van der Waals surface area contributed by atoms with E-state index in [2.05, 4.69) is 10.1 Å². The summed E-state index contributed by atoms with van der Waals surface area (Å²) in [5, 5.41) is 14.1. The summed E-state index contributed by atoms with van der Waals surface area (Å²) in [6.45, 7) is -2.97. The molecule has 1 unspecified atom stereocenters. The van der Waals surface area contributed by atoms with Crippen LogP contribution in [0.1, 0.15) is 33.3 Å². The van der Waals surface area contributed by atoms with Crippen molar-refractivity contribution in [3.8, 4) is 11.5 Å². The molecule has 1 amide bonds. The molecule has 0 spiro atoms. The Labute approximate surface area is 129 Å². The second kappa shape index (κ2) is 5.92. The zero-order valence-corrected chi connectivity index (χ0v) is 12.2. The van der Waals surface area contributed by atoms with Crippen LogP contribution in [0.5, 0.6) is 11.5 Å². The van der Waals surface area contributed by atoms with Gasteiger partial charge < -0.3 is 15.2 Å². The largest absolute Gasteiger partial charge is 0.508 e. The van der Waals surface area contributed by atoms with Crippen molar-refractivity contribution in [1.82, 2.24) is 5.32 Å². The van der Waals surface area contributed by atoms with Crippen LogP contribution in [0, 0.1) is 0 Å². The first kappa shape index (κ1) is 14.8. The zero-order valence-electron chi connectivity index (χ0n) is 11.4. The second-order valence-corrected chi connectivity index (χ2v) is 5.82. The van der Waals surface area contributed by atoms with E-state index in [0.717, 1.165) is 22.5 Å². The summed E-state index contributed by atoms with van der Waals surface area (Å²) in [6.07, 6.45) is 1.33. The summed E-state index contributed by atoms with van der Waals surface area (Å²) in [7, 11) is 0. The molecule has 1 aromatic heterocycles. The number of aromatic hydroxyl groups is 1. The number of phenols is 1. The number of ether oxygens (including phenoxy) is 1. The summed E-state index contributed by atoms with van der Waals surface area (Å²) in [5.74, 6) is -0.356. The van der Waals surface area contributed by atoms with Crippen molar-refractivity contribution < 1.29 is 23.4 Å². The number of hydrogen-bond acceptors (Lipinski definition) is 4. The van der Waals surface area contributed by atoms with E-state index in [0.29, 0.717) is 12.8 Å². The van der Waals surface area contributed by atoms with Crippen LogP contribution in [0.15, 0.2) is 29.6 Å². The van der Waals surface area contributed by atoms with Crippen molar-refractivity contribution in [3.05, 3.63) is 45.6 Å². The average Bonchev–Trinajstić information content (AvgIpc) is 3.06. The number of phenolic OH excluding ortho intramolecular Hbond substituents is 1. The molecule has 22 heavy (non-hydrogen) atoms. The highest BCUT2D eigenvalue weighted by Gasteiger charge is 2.27. The molecular weight excluding hydrogens is 312 g/mol. The van der Waals surface area contributed by atoms with Crippen LogP contribution in [-0.4, -0.2) is 17.6 Å². The van der Waals surface area contributed by atoms with E-state index in [-0.39, 0.29) is 22.4 Å². The Kier molecular flexibility index (Phi) is 3.98. The molecule has 0 fully saturated rings. The summed E-state index contributed by atoms with van der Waals surface area (Å²) < 4.78 is 29.0. The maximum Gasteiger partial charge on any atom is 0.387 e. The molecule has 0 saturated carbocycles. The van der Waals surface area contributed by atoms with Crippen molar-refractivity contribution in [3.63, 3.8) is 0 Å². The number of nitrogens with one attached hydrogen (secondary N) is 1. The predicted molar refractivity (Wildman–Crippen MR) is 77.6 cm³/mol. The Balaban J connectivity index is 1.77. The molecule has 1 aliphatic rings. The third-order valence-electron chi connectivity index (χ3n) is 3.60. The first-order valence-electron chi connectivity index (χ1n) is 6.70. The molecule has 1 atom stereocenters. The number of fused-ring (bicyclic) bond motifs is 1. The maximum absolute atomic E-state index is 12.3. The van der Waals surface area contributed by atoms with Crippen molar-refractivity contribution >= 4 is 17.2 Å². The van der Waals surface area contributed by atoms with Crippen LogP contribution >= 0.6 is 11.3 Å². The number of rotatable bonds is 4. The first-order valence-corrected chi connectivity index (χ1v) is 7.58. The van der Waals surface area contributed by atoms with E-state index in [1.165, 1.54) is 11.4 Å². The smallest absolute Gasteiger partial charge is 0.387 e. The van der Waals surface area contributed by atoms with Crippen LogP contribution < -0.4 is 10.1 Å². The highest BCUT2D eigenvalue weighted by Crippen LogP contribution is 2.37. The van der Waals surface area contributed by atoms with Gasteiger partial charge in [-0.1, -0.05) is 12.1 Å². The molecule has 4 nitrogen and oxygen atoms in total. The van der Waals surface area contributed by atoms with Crippen LogP contribution in [0.4, 0.5) is 8.78 Å². The minimum atomic E-state index is -2.97. The lowest BCUT2D eigenvalue weighted by molar-refractivity contribution is -0.0498. The maximum atomic E-state index is 12.3. The van der Waals surface area contributed by atoms with Gasteiger partial charge in [-0.15, -0.1) is 11.3 Å². The summed E-state index contributed by atoms with van der Waals surface area (Å²) in [4.78, 5) is 12.4. The Morgan fingerprint density at radius 2 is 2.23 bits per heavy atom. The third-order valence-corrected chi connectivity index (χ3v) is 4.50. The number of alkyl halides is 2. The molecule has 3 rings (SSSR count). The molecule has 0 bridgehead atoms. The number of halogens is 2. The van der Waals surface area contributed by atoms with Crippen molar-refractivity contribution in [2.45, 2.75) is 25.5 Å². The molecule has 1 heterocycles. The molecule has 1 aliphatic carbocycles. The number of carbonyl (C=O) groups is 1. The van der Waals surface area contributed by atoms with Crippen LogP contribution in [-0.2, 0) is 6.42 Å². The lowest BCUT2D eigenvalue weighted by Gasteiger charge is -2.14. The third kappa shape index (κ3) is 2.76. The Morgan fingerprint density at radius 1 is 1.41 bits per heavy atom. The number of thiophene rings is 1. The summed E-state index contributed by atoms with van der Waals surface area (Å²) >= 11 is 1.05. The molecule has 0 saturated heterocycles. The van der Waals surface area contributed by atoms with Gasteiger partial charge in [0.2, 0.25) is 0 Å². The van der Waals surface area contributed by atoms with Gasteiger partial charge in [0.1, 0.15) is 16.4 Å². The van der Waals surface area contributed by atoms with E-state index in [9.17, 15) is 18.7 Å². The van der Waals surface area contributed by atoms with Gasteiger partial charge in [-0.05, 0) is 41.5 Å². The minimum Gasteiger partial charge on any atom is -0.508 e. The van der Waals surface area contributed by atoms with Crippen molar-refractivity contribution in [2.24, 2.45) is 0 Å². The monoisotopic (exact) mass is 325 g/mol. The van der Waals surface area contributed by atoms with E-state index in [1.54, 1.807) is 12.1 Å². The fraction of sp³-hybridized carbons (Fsp3) is 0.267. The van der Waals surface area contributed by atoms with Gasteiger partial charge in [-0.2, -0.15) is 8.78 Å². The Morgan fingerprint density at radius 3 is 3.00 bits per heavy atom. The van der Waals surface area contributed by atoms with Gasteiger partial charge in [-0.25, -0.2) is 0 Å². The topological polar surface area (TPSA) is 58.6 Å². The minimum absolute atomic E-state index is 0.119. The molecule has 7 heteroatoms. The quantitative estimate of drug-likeness (QED) is 0.905. The van der Waals surface area contributed by atoms with Gasteiger partial charge in [0.25, 0.3) is 5.91 Å². The first-order chi connectivity index (χ1) is 10.6. The highest BCUT2D eigenvalue weighted by molar-refractivity contribution is 7.12. The molecular formula is C15H13F2NO3S. The SMILES string of the molecule is O=C(NC1CCc2c(O)cccc21)c1sccc1OC(F)F. The van der Waals surface area contributed by atoms with Gasteiger partial charge >= 0.3 is 6.61 Å². The standard InChI is InChI=1S/C15H13F2NO3S/c16-15(17)21-12-6-7-22-13(12)14(20)18-10-5-4-9-8(10)2-1-3-11(9)19/h1-3,6-7,10,15,19H,4-5H2,(H,18,20). The lowest BCUT2D eigenvalue weighted by Crippen LogP contribution is -2.27. The van der Waals surface area contributed by atoms with Crippen LogP contribution in [0.25, 0.3) is 0 Å². The molecule has 1 aromatic carbocycles.